The van der Waals surface area contributed by atoms with E-state index in [1.165, 1.54) is 11.1 Å². The number of nitrogens with zero attached hydrogens (tertiary/aromatic N) is 7. The van der Waals surface area contributed by atoms with E-state index in [4.69, 9.17) is 4.74 Å². The summed E-state index contributed by atoms with van der Waals surface area (Å²) in [6.07, 6.45) is 9.08. The summed E-state index contributed by atoms with van der Waals surface area (Å²) in [5.41, 5.74) is 6.62. The summed E-state index contributed by atoms with van der Waals surface area (Å²) in [6.45, 7) is 3.04. The Morgan fingerprint density at radius 2 is 1.96 bits per heavy atom. The van der Waals surface area contributed by atoms with Gasteiger partial charge in [-0.3, -0.25) is 19.5 Å². The summed E-state index contributed by atoms with van der Waals surface area (Å²) in [5, 5.41) is 27.2. The van der Waals surface area contributed by atoms with Crippen molar-refractivity contribution < 1.29 is 19.2 Å². The molecule has 2 aliphatic rings. The van der Waals surface area contributed by atoms with Gasteiger partial charge in [0.15, 0.2) is 18.9 Å². The Morgan fingerprint density at radius 1 is 1.12 bits per heavy atom. The van der Waals surface area contributed by atoms with Gasteiger partial charge in [-0.05, 0) is 54.2 Å². The summed E-state index contributed by atoms with van der Waals surface area (Å²) < 4.78 is 8.38. The normalized spacial score (nSPS) is 19.4. The van der Waals surface area contributed by atoms with E-state index in [1.54, 1.807) is 36.1 Å². The van der Waals surface area contributed by atoms with Gasteiger partial charge in [-0.2, -0.15) is 14.8 Å². The standard InChI is InChI=1S/C35H37N9O3S/c1-42-22-37-33(41-42)25-6-4-23(5-7-25)24-11-15-44(16-12-24)31(45)20-43-17-13-35(21-43,48-3)34(46)38-27-8-9-29-28(19-27)32(40-39-29)26-10-14-36-30(18-26)47-2/h4-11,14,18-19,22H,12-13,15-17,20-21H2,1-3H3,(H2,36,38,39,40,46)/p+1/t35-/m0/s1. The number of nitrogens with one attached hydrogen (secondary N) is 2. The van der Waals surface area contributed by atoms with Crippen molar-refractivity contribution in [2.24, 2.45) is 7.05 Å². The van der Waals surface area contributed by atoms with Crippen LogP contribution in [0.5, 0.6) is 5.88 Å². The van der Waals surface area contributed by atoms with Crippen LogP contribution in [0.2, 0.25) is 0 Å². The Kier molecular flexibility index (Phi) is 8.71. The lowest BCUT2D eigenvalue weighted by molar-refractivity contribution is -0.527. The van der Waals surface area contributed by atoms with Crippen LogP contribution in [0.3, 0.4) is 0 Å². The zero-order chi connectivity index (χ0) is 33.3. The van der Waals surface area contributed by atoms with E-state index in [9.17, 15) is 9.90 Å². The number of fused-ring (bicyclic) bond motifs is 1. The third kappa shape index (κ3) is 6.30. The number of amides is 1. The number of aliphatic hydroxyl groups excluding tert-OH is 1. The van der Waals surface area contributed by atoms with Gasteiger partial charge in [-0.1, -0.05) is 24.3 Å². The number of H-pyrrole nitrogens is 1. The summed E-state index contributed by atoms with van der Waals surface area (Å²) in [6, 6.07) is 17.8. The van der Waals surface area contributed by atoms with Crippen LogP contribution in [-0.4, -0.2) is 107 Å². The first-order chi connectivity index (χ1) is 23.3. The van der Waals surface area contributed by atoms with Crippen LogP contribution in [0.4, 0.5) is 5.69 Å². The van der Waals surface area contributed by atoms with Crippen molar-refractivity contribution in [3.8, 4) is 28.5 Å². The molecule has 13 heteroatoms. The molecule has 48 heavy (non-hydrogen) atoms. The van der Waals surface area contributed by atoms with Gasteiger partial charge in [-0.25, -0.2) is 9.97 Å². The number of aliphatic hydroxyl groups is 1. The number of hydrogen-bond donors (Lipinski definition) is 3. The lowest BCUT2D eigenvalue weighted by Gasteiger charge is -2.26. The molecule has 0 radical (unpaired) electrons. The average molecular weight is 665 g/mol. The van der Waals surface area contributed by atoms with E-state index in [0.717, 1.165) is 47.2 Å². The summed E-state index contributed by atoms with van der Waals surface area (Å²) in [4.78, 5) is 24.5. The van der Waals surface area contributed by atoms with E-state index in [0.29, 0.717) is 49.3 Å². The molecule has 3 N–H and O–H groups in total. The highest BCUT2D eigenvalue weighted by Crippen LogP contribution is 2.36. The fourth-order valence-electron chi connectivity index (χ4n) is 6.43. The number of aryl methyl sites for hydroxylation is 1. The second kappa shape index (κ2) is 13.2. The summed E-state index contributed by atoms with van der Waals surface area (Å²) in [7, 11) is 3.44. The molecule has 2 aliphatic heterocycles. The third-order valence-electron chi connectivity index (χ3n) is 9.21. The molecule has 1 saturated heterocycles. The zero-order valence-corrected chi connectivity index (χ0v) is 28.0. The van der Waals surface area contributed by atoms with Gasteiger partial charge in [0.25, 0.3) is 0 Å². The van der Waals surface area contributed by atoms with Gasteiger partial charge in [0.1, 0.15) is 23.3 Å². The number of pyridine rings is 1. The second-order valence-corrected chi connectivity index (χ2v) is 13.4. The molecule has 0 spiro atoms. The first-order valence-electron chi connectivity index (χ1n) is 15.9. The molecule has 7 rings (SSSR count). The van der Waals surface area contributed by atoms with E-state index in [-0.39, 0.29) is 5.91 Å². The number of rotatable bonds is 9. The minimum atomic E-state index is -0.626. The molecule has 0 unspecified atom stereocenters. The van der Waals surface area contributed by atoms with Crippen molar-refractivity contribution >= 4 is 45.7 Å². The predicted molar refractivity (Wildman–Crippen MR) is 188 cm³/mol. The third-order valence-corrected chi connectivity index (χ3v) is 10.5. The Labute approximate surface area is 282 Å². The van der Waals surface area contributed by atoms with E-state index in [2.05, 4.69) is 65.8 Å². The molecule has 0 bridgehead atoms. The lowest BCUT2D eigenvalue weighted by atomic mass is 9.99. The molecular formula is C35H38N9O3S+. The molecular weight excluding hydrogens is 627 g/mol. The number of anilines is 1. The topological polar surface area (TPSA) is 137 Å². The number of aromatic nitrogens is 6. The number of thioether (sulfide) groups is 1. The zero-order valence-electron chi connectivity index (χ0n) is 27.2. The predicted octanol–water partition coefficient (Wildman–Crippen LogP) is 4.63. The highest BCUT2D eigenvalue weighted by molar-refractivity contribution is 8.00. The number of ether oxygens (including phenoxy) is 1. The van der Waals surface area contributed by atoms with Crippen molar-refractivity contribution in [3.05, 3.63) is 78.8 Å². The van der Waals surface area contributed by atoms with Crippen molar-refractivity contribution in [1.29, 1.82) is 0 Å². The number of aromatic amines is 1. The first-order valence-corrected chi connectivity index (χ1v) is 17.1. The van der Waals surface area contributed by atoms with E-state index >= 15 is 0 Å². The molecule has 2 aromatic carbocycles. The largest absolute Gasteiger partial charge is 0.481 e. The van der Waals surface area contributed by atoms with Crippen LogP contribution < -0.4 is 10.1 Å². The fraction of sp³-hybridized carbons (Fsp3) is 0.314. The fourth-order valence-corrected chi connectivity index (χ4v) is 7.28. The number of hydrogen-bond acceptors (Lipinski definition) is 8. The van der Waals surface area contributed by atoms with Gasteiger partial charge in [-0.15, -0.1) is 11.8 Å². The molecule has 0 aliphatic carbocycles. The van der Waals surface area contributed by atoms with E-state index < -0.39 is 4.75 Å². The van der Waals surface area contributed by atoms with Crippen LogP contribution in [0.1, 0.15) is 18.4 Å². The van der Waals surface area contributed by atoms with Crippen LogP contribution in [0.15, 0.2) is 73.2 Å². The molecule has 0 saturated carbocycles. The molecule has 12 nitrogen and oxygen atoms in total. The van der Waals surface area contributed by atoms with Gasteiger partial charge in [0.05, 0.1) is 12.6 Å². The number of benzene rings is 2. The molecule has 1 atom stereocenters. The lowest BCUT2D eigenvalue weighted by Crippen LogP contribution is -2.43. The number of carbonyl (C=O) groups excluding carboxylic acids is 1. The minimum absolute atomic E-state index is 0.0395. The molecule has 5 heterocycles. The van der Waals surface area contributed by atoms with Crippen LogP contribution in [0.25, 0.3) is 39.1 Å². The monoisotopic (exact) mass is 664 g/mol. The van der Waals surface area contributed by atoms with Crippen molar-refractivity contribution in [3.63, 3.8) is 0 Å². The van der Waals surface area contributed by atoms with Gasteiger partial charge in [0, 0.05) is 61.0 Å². The Morgan fingerprint density at radius 3 is 2.69 bits per heavy atom. The minimum Gasteiger partial charge on any atom is -0.481 e. The maximum absolute atomic E-state index is 13.8. The number of likely N-dealkylation sites (tertiary alicyclic amines) is 1. The van der Waals surface area contributed by atoms with Gasteiger partial charge >= 0.3 is 5.90 Å². The molecule has 246 valence electrons. The Hall–Kier alpha value is -5.01. The van der Waals surface area contributed by atoms with Crippen LogP contribution in [0, 0.1) is 0 Å². The van der Waals surface area contributed by atoms with Crippen molar-refractivity contribution in [2.75, 3.05) is 51.4 Å². The number of carbonyl (C=O) groups is 1. The average Bonchev–Trinajstić information content (AvgIpc) is 3.87. The van der Waals surface area contributed by atoms with Crippen molar-refractivity contribution in [1.82, 2.24) is 34.8 Å². The first kappa shape index (κ1) is 31.6. The Balaban J connectivity index is 0.991. The highest BCUT2D eigenvalue weighted by atomic mass is 32.2. The maximum atomic E-state index is 13.8. The maximum Gasteiger partial charge on any atom is 0.348 e. The van der Waals surface area contributed by atoms with Crippen LogP contribution >= 0.6 is 11.8 Å². The Bertz CT molecular complexity index is 2030. The second-order valence-electron chi connectivity index (χ2n) is 12.2. The van der Waals surface area contributed by atoms with Gasteiger partial charge < -0.3 is 15.2 Å². The van der Waals surface area contributed by atoms with E-state index in [1.807, 2.05) is 48.2 Å². The molecule has 3 aromatic heterocycles. The summed E-state index contributed by atoms with van der Waals surface area (Å²) >= 11 is 1.57. The molecule has 5 aromatic rings. The van der Waals surface area contributed by atoms with Crippen molar-refractivity contribution in [2.45, 2.75) is 17.6 Å². The SMILES string of the molecule is COc1cc(-c2n[nH]c3ccc(NC(=O)[C@]4(SC)CCN(CC(O)=[N+]5CC=C(c6ccc(-c7ncn(C)n7)cc6)CC5)C4)cc23)ccn1. The smallest absolute Gasteiger partial charge is 0.348 e. The van der Waals surface area contributed by atoms with Gasteiger partial charge in [0.2, 0.25) is 11.8 Å². The molecule has 1 amide bonds. The summed E-state index contributed by atoms with van der Waals surface area (Å²) in [5.74, 6) is 1.52. The quantitative estimate of drug-likeness (QED) is 0.152. The van der Waals surface area contributed by atoms with Crippen LogP contribution in [-0.2, 0) is 11.8 Å². The molecule has 1 fully saturated rings. The highest BCUT2D eigenvalue weighted by Gasteiger charge is 2.45. The number of methoxy groups -OCH3 is 1.